The zero-order chi connectivity index (χ0) is 17.5. The molecule has 2 amide bonds. The van der Waals surface area contributed by atoms with Gasteiger partial charge in [-0.05, 0) is 31.5 Å². The number of nitrogens with zero attached hydrogens (tertiary/aromatic N) is 1. The maximum absolute atomic E-state index is 11.9. The van der Waals surface area contributed by atoms with Crippen molar-refractivity contribution in [2.24, 2.45) is 0 Å². The van der Waals surface area contributed by atoms with Crippen molar-refractivity contribution in [3.63, 3.8) is 0 Å². The Labute approximate surface area is 157 Å². The summed E-state index contributed by atoms with van der Waals surface area (Å²) in [4.78, 5) is 29.3. The van der Waals surface area contributed by atoms with Gasteiger partial charge in [0.15, 0.2) is 5.13 Å². The highest BCUT2D eigenvalue weighted by atomic mass is 79.9. The van der Waals surface area contributed by atoms with Crippen molar-refractivity contribution in [3.05, 3.63) is 39.3 Å². The van der Waals surface area contributed by atoms with E-state index in [0.29, 0.717) is 5.13 Å². The third kappa shape index (κ3) is 5.92. The monoisotopic (exact) mass is 427 g/mol. The average molecular weight is 428 g/mol. The summed E-state index contributed by atoms with van der Waals surface area (Å²) in [5, 5.41) is 6.19. The third-order valence-electron chi connectivity index (χ3n) is 3.05. The molecular formula is C16H18BrN3O2S2. The fourth-order valence-corrected chi connectivity index (χ4v) is 3.90. The number of aryl methyl sites for hydroxylation is 2. The Balaban J connectivity index is 1.72. The lowest BCUT2D eigenvalue weighted by Crippen LogP contribution is -2.18. The number of amides is 2. The first kappa shape index (κ1) is 19.0. The van der Waals surface area contributed by atoms with Crippen LogP contribution >= 0.6 is 39.0 Å². The number of aromatic nitrogens is 1. The number of carbonyl (C=O) groups excluding carboxylic acids is 2. The number of thiazole rings is 1. The number of hydrogen-bond acceptors (Lipinski definition) is 5. The zero-order valence-electron chi connectivity index (χ0n) is 13.4. The van der Waals surface area contributed by atoms with Crippen LogP contribution in [0, 0.1) is 6.92 Å². The van der Waals surface area contributed by atoms with Gasteiger partial charge in [0, 0.05) is 15.0 Å². The van der Waals surface area contributed by atoms with Crippen molar-refractivity contribution < 1.29 is 9.59 Å². The Kier molecular flexibility index (Phi) is 7.26. The number of anilines is 2. The summed E-state index contributed by atoms with van der Waals surface area (Å²) in [6.07, 6.45) is 0.850. The summed E-state index contributed by atoms with van der Waals surface area (Å²) >= 11 is 6.10. The summed E-state index contributed by atoms with van der Waals surface area (Å²) in [5.41, 5.74) is 1.74. The molecule has 2 aromatic rings. The fraction of sp³-hybridized carbons (Fsp3) is 0.312. The predicted octanol–water partition coefficient (Wildman–Crippen LogP) is 4.09. The standard InChI is InChI=1S/C16H18BrN3O2S2/c1-3-13-10(2)24-16(19-13)20-15(22)9-23-8-14(21)18-12-6-4-5-11(17)7-12/h4-7H,3,8-9H2,1-2H3,(H,18,21)(H,19,20,22). The lowest BCUT2D eigenvalue weighted by Gasteiger charge is -2.05. The number of halogens is 1. The smallest absolute Gasteiger partial charge is 0.236 e. The molecule has 0 unspecified atom stereocenters. The molecule has 0 fully saturated rings. The van der Waals surface area contributed by atoms with Crippen molar-refractivity contribution in [2.45, 2.75) is 20.3 Å². The van der Waals surface area contributed by atoms with Crippen molar-refractivity contribution in [1.82, 2.24) is 4.98 Å². The molecule has 5 nitrogen and oxygen atoms in total. The Hall–Kier alpha value is -1.38. The molecule has 128 valence electrons. The molecule has 0 aliphatic carbocycles. The first-order chi connectivity index (χ1) is 11.5. The van der Waals surface area contributed by atoms with Crippen molar-refractivity contribution in [1.29, 1.82) is 0 Å². The minimum Gasteiger partial charge on any atom is -0.325 e. The topological polar surface area (TPSA) is 71.1 Å². The summed E-state index contributed by atoms with van der Waals surface area (Å²) in [6.45, 7) is 4.03. The van der Waals surface area contributed by atoms with Crippen molar-refractivity contribution in [2.75, 3.05) is 22.1 Å². The van der Waals surface area contributed by atoms with Gasteiger partial charge < -0.3 is 10.6 Å². The summed E-state index contributed by atoms with van der Waals surface area (Å²) in [5.74, 6) is 0.152. The highest BCUT2D eigenvalue weighted by Gasteiger charge is 2.10. The molecular weight excluding hydrogens is 410 g/mol. The Bertz CT molecular complexity index is 734. The number of carbonyl (C=O) groups is 2. The van der Waals surface area contributed by atoms with E-state index in [9.17, 15) is 9.59 Å². The van der Waals surface area contributed by atoms with Crippen molar-refractivity contribution >= 4 is 61.7 Å². The van der Waals surface area contributed by atoms with E-state index in [4.69, 9.17) is 0 Å². The van der Waals surface area contributed by atoms with Crippen LogP contribution in [0.3, 0.4) is 0 Å². The SMILES string of the molecule is CCc1nc(NC(=O)CSCC(=O)Nc2cccc(Br)c2)sc1C. The average Bonchev–Trinajstić information content (AvgIpc) is 2.86. The maximum Gasteiger partial charge on any atom is 0.236 e. The summed E-state index contributed by atoms with van der Waals surface area (Å²) in [6, 6.07) is 7.38. The molecule has 0 aliphatic heterocycles. The number of nitrogens with one attached hydrogen (secondary N) is 2. The van der Waals surface area contributed by atoms with E-state index in [-0.39, 0.29) is 23.3 Å². The fourth-order valence-electron chi connectivity index (χ4n) is 1.96. The van der Waals surface area contributed by atoms with E-state index in [1.54, 1.807) is 0 Å². The van der Waals surface area contributed by atoms with Crippen LogP contribution in [0.4, 0.5) is 10.8 Å². The van der Waals surface area contributed by atoms with E-state index in [1.165, 1.54) is 23.1 Å². The quantitative estimate of drug-likeness (QED) is 0.697. The van der Waals surface area contributed by atoms with Crippen LogP contribution in [0.2, 0.25) is 0 Å². The van der Waals surface area contributed by atoms with Gasteiger partial charge >= 0.3 is 0 Å². The second kappa shape index (κ2) is 9.19. The highest BCUT2D eigenvalue weighted by Crippen LogP contribution is 2.22. The molecule has 2 rings (SSSR count). The number of rotatable bonds is 7. The molecule has 24 heavy (non-hydrogen) atoms. The summed E-state index contributed by atoms with van der Waals surface area (Å²) < 4.78 is 0.900. The van der Waals surface area contributed by atoms with E-state index < -0.39 is 0 Å². The lowest BCUT2D eigenvalue weighted by atomic mass is 10.3. The Morgan fingerprint density at radius 3 is 2.58 bits per heavy atom. The number of benzene rings is 1. The van der Waals surface area contributed by atoms with Crippen LogP contribution in [0.25, 0.3) is 0 Å². The predicted molar refractivity (Wildman–Crippen MR) is 105 cm³/mol. The molecule has 0 spiro atoms. The van der Waals surface area contributed by atoms with E-state index >= 15 is 0 Å². The van der Waals surface area contributed by atoms with Gasteiger partial charge in [-0.2, -0.15) is 0 Å². The Morgan fingerprint density at radius 1 is 1.25 bits per heavy atom. The van der Waals surface area contributed by atoms with Crippen LogP contribution in [0.15, 0.2) is 28.7 Å². The molecule has 1 aromatic heterocycles. The lowest BCUT2D eigenvalue weighted by molar-refractivity contribution is -0.114. The van der Waals surface area contributed by atoms with Gasteiger partial charge in [-0.3, -0.25) is 9.59 Å². The zero-order valence-corrected chi connectivity index (χ0v) is 16.6. The minimum atomic E-state index is -0.147. The minimum absolute atomic E-state index is 0.135. The molecule has 0 atom stereocenters. The van der Waals surface area contributed by atoms with Gasteiger partial charge in [0.1, 0.15) is 0 Å². The molecule has 0 saturated heterocycles. The van der Waals surface area contributed by atoms with Crippen molar-refractivity contribution in [3.8, 4) is 0 Å². The van der Waals surface area contributed by atoms with Gasteiger partial charge in [0.2, 0.25) is 11.8 Å². The molecule has 8 heteroatoms. The summed E-state index contributed by atoms with van der Waals surface area (Å²) in [7, 11) is 0. The van der Waals surface area contributed by atoms with E-state index in [1.807, 2.05) is 38.1 Å². The first-order valence-electron chi connectivity index (χ1n) is 7.37. The van der Waals surface area contributed by atoms with Gasteiger partial charge in [0.05, 0.1) is 17.2 Å². The first-order valence-corrected chi connectivity index (χ1v) is 10.1. The normalized spacial score (nSPS) is 10.5. The maximum atomic E-state index is 11.9. The van der Waals surface area contributed by atoms with Gasteiger partial charge in [0.25, 0.3) is 0 Å². The number of hydrogen-bond donors (Lipinski definition) is 2. The van der Waals surface area contributed by atoms with Gasteiger partial charge in [-0.1, -0.05) is 28.9 Å². The van der Waals surface area contributed by atoms with Crippen LogP contribution < -0.4 is 10.6 Å². The highest BCUT2D eigenvalue weighted by molar-refractivity contribution is 9.10. The van der Waals surface area contributed by atoms with Crippen LogP contribution in [0.1, 0.15) is 17.5 Å². The molecule has 1 heterocycles. The van der Waals surface area contributed by atoms with Crippen LogP contribution in [0.5, 0.6) is 0 Å². The van der Waals surface area contributed by atoms with Crippen LogP contribution in [-0.2, 0) is 16.0 Å². The Morgan fingerprint density at radius 2 is 1.96 bits per heavy atom. The number of thioether (sulfide) groups is 1. The molecule has 0 radical (unpaired) electrons. The second-order valence-electron chi connectivity index (χ2n) is 4.97. The second-order valence-corrected chi connectivity index (χ2v) is 8.08. The van der Waals surface area contributed by atoms with E-state index in [0.717, 1.165) is 27.2 Å². The van der Waals surface area contributed by atoms with Gasteiger partial charge in [-0.25, -0.2) is 4.98 Å². The molecule has 1 aromatic carbocycles. The molecule has 0 saturated carbocycles. The van der Waals surface area contributed by atoms with Gasteiger partial charge in [-0.15, -0.1) is 23.1 Å². The van der Waals surface area contributed by atoms with Crippen LogP contribution in [-0.4, -0.2) is 28.3 Å². The third-order valence-corrected chi connectivity index (χ3v) is 5.40. The molecule has 0 aliphatic rings. The molecule has 0 bridgehead atoms. The van der Waals surface area contributed by atoms with E-state index in [2.05, 4.69) is 31.5 Å². The molecule has 2 N–H and O–H groups in total. The largest absolute Gasteiger partial charge is 0.325 e.